The summed E-state index contributed by atoms with van der Waals surface area (Å²) in [4.78, 5) is 169. The highest BCUT2D eigenvalue weighted by molar-refractivity contribution is 5.88. The Hall–Kier alpha value is -7.74. The van der Waals surface area contributed by atoms with E-state index in [1.165, 1.54) is 103 Å². The number of ether oxygens (including phenoxy) is 8. The van der Waals surface area contributed by atoms with Crippen molar-refractivity contribution in [2.24, 2.45) is 5.92 Å². The molecule has 9 amide bonds. The minimum atomic E-state index is -1.21. The van der Waals surface area contributed by atoms with Gasteiger partial charge in [0.05, 0.1) is 85.2 Å². The first-order valence-corrected chi connectivity index (χ1v) is 45.7. The zero-order valence-corrected chi connectivity index (χ0v) is 74.1. The number of amides is 9. The summed E-state index contributed by atoms with van der Waals surface area (Å²) >= 11 is 0. The maximum Gasteiger partial charge on any atom is 0.326 e. The summed E-state index contributed by atoms with van der Waals surface area (Å²) < 4.78 is 43.4. The molecule has 0 rings (SSSR count). The fourth-order valence-electron chi connectivity index (χ4n) is 12.8. The van der Waals surface area contributed by atoms with Gasteiger partial charge >= 0.3 is 29.8 Å². The summed E-state index contributed by atoms with van der Waals surface area (Å²) in [7, 11) is 0. The van der Waals surface area contributed by atoms with Gasteiger partial charge in [-0.05, 0) is 70.6 Å². The normalized spacial score (nSPS) is 12.1. The van der Waals surface area contributed by atoms with Crippen LogP contribution in [0.2, 0.25) is 0 Å². The van der Waals surface area contributed by atoms with Crippen molar-refractivity contribution in [3.63, 3.8) is 0 Å². The molecule has 0 aromatic rings. The van der Waals surface area contributed by atoms with E-state index in [4.69, 9.17) is 48.1 Å². The lowest BCUT2D eigenvalue weighted by atomic mass is 10.0. The molecule has 0 aromatic carbocycles. The van der Waals surface area contributed by atoms with Crippen LogP contribution >= 0.6 is 0 Å². The molecule has 36 nitrogen and oxygen atoms in total. The number of carbonyl (C=O) groups excluding carboxylic acids is 9. The third-order valence-electron chi connectivity index (χ3n) is 20.0. The van der Waals surface area contributed by atoms with Crippen LogP contribution in [0.1, 0.15) is 302 Å². The van der Waals surface area contributed by atoms with Crippen LogP contribution < -0.4 is 47.9 Å². The fraction of sp³-hybridized carbons (Fsp3) is 0.839. The summed E-state index contributed by atoms with van der Waals surface area (Å²) in [5, 5.41) is 69.8. The van der Waals surface area contributed by atoms with Crippen LogP contribution in [0, 0.1) is 5.92 Å². The molecule has 14 N–H and O–H groups in total. The number of rotatable bonds is 93. The van der Waals surface area contributed by atoms with Gasteiger partial charge in [0.1, 0.15) is 44.6 Å². The number of hydrogen-bond donors (Lipinski definition) is 14. The first kappa shape index (κ1) is 115. The van der Waals surface area contributed by atoms with Gasteiger partial charge in [-0.25, -0.2) is 9.59 Å². The zero-order valence-electron chi connectivity index (χ0n) is 74.1. The van der Waals surface area contributed by atoms with Gasteiger partial charge in [-0.2, -0.15) is 0 Å². The van der Waals surface area contributed by atoms with Crippen LogP contribution in [-0.4, -0.2) is 272 Å². The highest BCUT2D eigenvalue weighted by atomic mass is 16.5. The highest BCUT2D eigenvalue weighted by Crippen LogP contribution is 2.18. The summed E-state index contributed by atoms with van der Waals surface area (Å²) in [5.74, 6) is -8.88. The number of carboxylic acids is 5. The molecule has 0 aliphatic rings. The molecule has 0 unspecified atom stereocenters. The fourth-order valence-corrected chi connectivity index (χ4v) is 12.8. The maximum atomic E-state index is 13.2. The predicted octanol–water partition coefficient (Wildman–Crippen LogP) is 8.27. The van der Waals surface area contributed by atoms with Gasteiger partial charge in [0.25, 0.3) is 0 Å². The lowest BCUT2D eigenvalue weighted by molar-refractivity contribution is -0.142. The minimum Gasteiger partial charge on any atom is -0.481 e. The van der Waals surface area contributed by atoms with Crippen molar-refractivity contribution in [1.29, 1.82) is 0 Å². The Balaban J connectivity index is 4.14. The van der Waals surface area contributed by atoms with Gasteiger partial charge in [-0.3, -0.25) is 57.5 Å². The van der Waals surface area contributed by atoms with Crippen molar-refractivity contribution in [2.75, 3.05) is 145 Å². The Morgan fingerprint density at radius 1 is 0.211 bits per heavy atom. The van der Waals surface area contributed by atoms with E-state index in [-0.39, 0.29) is 238 Å². The number of carboxylic acid groups (broad SMARTS) is 5. The van der Waals surface area contributed by atoms with Crippen molar-refractivity contribution in [1.82, 2.24) is 47.9 Å². The number of unbranched alkanes of at least 4 members (excludes halogenated alkanes) is 32. The summed E-state index contributed by atoms with van der Waals surface area (Å²) in [6.07, 6.45) is 38.3. The second-order valence-corrected chi connectivity index (χ2v) is 31.1. The lowest BCUT2D eigenvalue weighted by Gasteiger charge is -2.19. The summed E-state index contributed by atoms with van der Waals surface area (Å²) in [6, 6.07) is -3.28. The Labute approximate surface area is 729 Å². The molecule has 0 heterocycles. The van der Waals surface area contributed by atoms with Gasteiger partial charge < -0.3 is 111 Å². The first-order valence-electron chi connectivity index (χ1n) is 45.7. The predicted molar refractivity (Wildman–Crippen MR) is 460 cm³/mol. The van der Waals surface area contributed by atoms with Crippen LogP contribution in [0.4, 0.5) is 0 Å². The van der Waals surface area contributed by atoms with Crippen molar-refractivity contribution >= 4 is 83.0 Å². The van der Waals surface area contributed by atoms with E-state index in [1.807, 2.05) is 0 Å². The quantitative estimate of drug-likeness (QED) is 0.0255. The van der Waals surface area contributed by atoms with E-state index in [9.17, 15) is 82.4 Å². The van der Waals surface area contributed by atoms with Crippen LogP contribution in [0.3, 0.4) is 0 Å². The monoisotopic (exact) mass is 1760 g/mol. The molecular weight excluding hydrogens is 1600 g/mol. The Bertz CT molecular complexity index is 2800. The molecule has 4 atom stereocenters. The van der Waals surface area contributed by atoms with E-state index in [0.717, 1.165) is 89.9 Å². The number of nitrogens with one attached hydrogen (secondary N) is 9. The van der Waals surface area contributed by atoms with Crippen LogP contribution in [0.5, 0.6) is 0 Å². The summed E-state index contributed by atoms with van der Waals surface area (Å²) in [5.41, 5.74) is 0. The average Bonchev–Trinajstić information content (AvgIpc) is 0.953. The number of hydrogen-bond acceptors (Lipinski definition) is 22. The van der Waals surface area contributed by atoms with Crippen molar-refractivity contribution in [3.8, 4) is 0 Å². The van der Waals surface area contributed by atoms with Crippen LogP contribution in [0.25, 0.3) is 0 Å². The van der Waals surface area contributed by atoms with E-state index in [0.29, 0.717) is 44.9 Å². The molecule has 0 fully saturated rings. The van der Waals surface area contributed by atoms with Crippen LogP contribution in [-0.2, 0) is 105 Å². The van der Waals surface area contributed by atoms with E-state index in [2.05, 4.69) is 47.9 Å². The Morgan fingerprint density at radius 3 is 0.764 bits per heavy atom. The third-order valence-corrected chi connectivity index (χ3v) is 20.0. The van der Waals surface area contributed by atoms with Gasteiger partial charge in [0, 0.05) is 77.8 Å². The molecular formula is C87H157N9O27. The maximum absolute atomic E-state index is 13.2. The second kappa shape index (κ2) is 85.1. The molecule has 0 radical (unpaired) electrons. The van der Waals surface area contributed by atoms with E-state index >= 15 is 0 Å². The van der Waals surface area contributed by atoms with Gasteiger partial charge in [-0.15, -0.1) is 0 Å². The van der Waals surface area contributed by atoms with Crippen molar-refractivity contribution < 1.29 is 131 Å². The SMILES string of the molecule is C[C@@H](CCCCNC(=O)[C@H](CCCCNC(=O)COCCOCCNC(=O)COCCOCCNC(=O)CC[C@H](NC(=O)CCCCCCCCCCCCCCCCCCC(=O)O)C(=O)O)NC(=O)COCCOCCNC(=O)COCCOCCNC(=O)CC[C@H](NC(=O)CCCCCCCCCCCCCCCCCCC(=O)O)C(=O)O)C(=O)O. The average molecular weight is 1760 g/mol. The number of carbonyl (C=O) groups is 14. The molecule has 712 valence electrons. The smallest absolute Gasteiger partial charge is 0.326 e. The minimum absolute atomic E-state index is 0.0335. The third kappa shape index (κ3) is 82.3. The van der Waals surface area contributed by atoms with Crippen molar-refractivity contribution in [3.05, 3.63) is 0 Å². The van der Waals surface area contributed by atoms with Gasteiger partial charge in [0.15, 0.2) is 0 Å². The van der Waals surface area contributed by atoms with E-state index in [1.54, 1.807) is 6.92 Å². The van der Waals surface area contributed by atoms with Gasteiger partial charge in [-0.1, -0.05) is 193 Å². The second-order valence-electron chi connectivity index (χ2n) is 31.1. The molecule has 0 bridgehead atoms. The Morgan fingerprint density at radius 2 is 0.463 bits per heavy atom. The molecule has 0 saturated heterocycles. The first-order chi connectivity index (χ1) is 59.5. The lowest BCUT2D eigenvalue weighted by Crippen LogP contribution is -2.48. The van der Waals surface area contributed by atoms with Crippen molar-refractivity contribution in [2.45, 2.75) is 320 Å². The number of aliphatic carboxylic acids is 5. The molecule has 0 aliphatic heterocycles. The Kier molecular flexibility index (Phi) is 79.7. The summed E-state index contributed by atoms with van der Waals surface area (Å²) in [6.45, 7) is 3.28. The molecule has 0 spiro atoms. The van der Waals surface area contributed by atoms with Crippen LogP contribution in [0.15, 0.2) is 0 Å². The molecule has 0 saturated carbocycles. The largest absolute Gasteiger partial charge is 0.481 e. The zero-order chi connectivity index (χ0) is 90.5. The molecule has 0 aromatic heterocycles. The van der Waals surface area contributed by atoms with E-state index < -0.39 is 71.6 Å². The van der Waals surface area contributed by atoms with Gasteiger partial charge in [0.2, 0.25) is 53.2 Å². The molecule has 0 aliphatic carbocycles. The highest BCUT2D eigenvalue weighted by Gasteiger charge is 2.24. The topological polar surface area (TPSA) is 522 Å². The molecule has 123 heavy (non-hydrogen) atoms. The molecule has 36 heteroatoms. The standard InChI is InChI=1S/C87H157N9O27/c1-70(85(110)111)38-34-36-49-93-84(109)71(94-81(104)69-123-65-61-119-57-53-92-80(103)68-122-64-59-117-55-51-90-75(98)47-45-73(87(114)115)96-77(100)41-31-27-23-19-15-11-7-3-5-9-13-17-21-25-29-33-43-83(107)108)39-35-37-48-88-78(101)66-120-62-60-118-56-52-91-79(102)67-121-63-58-116-54-50-89-74(97)46-44-72(86(112)113)95-76(99)40-30-26-22-18-14-10-6-2-4-8-12-16-20-24-28-32-42-82(105)106/h70-73H,2-69H2,1H3,(H,88,101)(H,89,97)(H,90,98)(H,91,102)(H,92,103)(H,93,109)(H,94,104)(H,95,99)(H,96,100)(H,105,106)(H,107,108)(H,110,111)(H,112,113)(H,114,115)/t70-,71-,72-,73-/m0/s1.